The topological polar surface area (TPSA) is 84.3 Å². The third kappa shape index (κ3) is 4.06. The lowest BCUT2D eigenvalue weighted by Crippen LogP contribution is -2.39. The molecule has 0 radical (unpaired) electrons. The summed E-state index contributed by atoms with van der Waals surface area (Å²) in [6, 6.07) is 7.16. The Hall–Kier alpha value is -1.55. The first kappa shape index (κ1) is 19.2. The number of aryl methyl sites for hydroxylation is 1. The van der Waals surface area contributed by atoms with Crippen molar-refractivity contribution in [2.45, 2.75) is 11.6 Å². The van der Waals surface area contributed by atoms with Crippen LogP contribution in [0.25, 0.3) is 0 Å². The molecule has 0 atom stereocenters. The zero-order valence-electron chi connectivity index (χ0n) is 14.2. The average Bonchev–Trinajstić information content (AvgIpc) is 3.04. The Balaban J connectivity index is 1.82. The van der Waals surface area contributed by atoms with Crippen molar-refractivity contribution < 1.29 is 13.2 Å². The molecule has 1 aliphatic rings. The molecule has 1 N–H and O–H groups in total. The molecule has 26 heavy (non-hydrogen) atoms. The number of carbonyl (C=O) groups is 1. The van der Waals surface area contributed by atoms with E-state index in [0.29, 0.717) is 18.1 Å². The van der Waals surface area contributed by atoms with E-state index in [-0.39, 0.29) is 17.1 Å². The largest absolute Gasteiger partial charge is 0.348 e. The summed E-state index contributed by atoms with van der Waals surface area (Å²) >= 11 is 7.80. The minimum absolute atomic E-state index is 0.0396. The molecule has 0 unspecified atom stereocenters. The van der Waals surface area contributed by atoms with E-state index < -0.39 is 15.9 Å². The molecule has 1 aromatic heterocycles. The second kappa shape index (κ2) is 7.99. The molecule has 0 saturated carbocycles. The Morgan fingerprint density at radius 3 is 2.69 bits per heavy atom. The highest BCUT2D eigenvalue weighted by atomic mass is 35.5. The third-order valence-corrected chi connectivity index (χ3v) is 7.14. The molecule has 1 fully saturated rings. The van der Waals surface area contributed by atoms with Crippen molar-refractivity contribution in [2.24, 2.45) is 7.05 Å². The number of hydrogen-bond donors (Lipinski definition) is 1. The first-order valence-electron chi connectivity index (χ1n) is 8.03. The van der Waals surface area contributed by atoms with Gasteiger partial charge in [0.25, 0.3) is 15.9 Å². The Morgan fingerprint density at radius 1 is 1.31 bits per heavy atom. The van der Waals surface area contributed by atoms with Gasteiger partial charge in [0.1, 0.15) is 0 Å². The molecule has 0 spiro atoms. The van der Waals surface area contributed by atoms with Gasteiger partial charge in [-0.1, -0.05) is 29.8 Å². The highest BCUT2D eigenvalue weighted by molar-refractivity contribution is 7.99. The van der Waals surface area contributed by atoms with Gasteiger partial charge in [0.2, 0.25) is 5.03 Å². The van der Waals surface area contributed by atoms with E-state index in [1.165, 1.54) is 15.2 Å². The van der Waals surface area contributed by atoms with E-state index in [1.807, 2.05) is 6.07 Å². The number of thioether (sulfide) groups is 1. The van der Waals surface area contributed by atoms with Gasteiger partial charge in [0.15, 0.2) is 0 Å². The number of nitrogens with one attached hydrogen (secondary N) is 1. The van der Waals surface area contributed by atoms with Gasteiger partial charge in [0, 0.05) is 49.4 Å². The summed E-state index contributed by atoms with van der Waals surface area (Å²) in [5.74, 6) is 0.975. The summed E-state index contributed by atoms with van der Waals surface area (Å²) < 4.78 is 28.5. The van der Waals surface area contributed by atoms with Gasteiger partial charge in [-0.3, -0.25) is 9.48 Å². The van der Waals surface area contributed by atoms with Crippen LogP contribution in [-0.2, 0) is 23.6 Å². The van der Waals surface area contributed by atoms with Crippen molar-refractivity contribution in [1.82, 2.24) is 19.4 Å². The van der Waals surface area contributed by atoms with Crippen LogP contribution in [-0.4, -0.2) is 53.0 Å². The number of amides is 1. The van der Waals surface area contributed by atoms with Crippen LogP contribution in [0.1, 0.15) is 15.9 Å². The molecule has 1 saturated heterocycles. The van der Waals surface area contributed by atoms with Crippen LogP contribution in [0.2, 0.25) is 5.02 Å². The maximum absolute atomic E-state index is 12.9. The van der Waals surface area contributed by atoms with Crippen molar-refractivity contribution in [3.63, 3.8) is 0 Å². The maximum atomic E-state index is 12.9. The van der Waals surface area contributed by atoms with Crippen LogP contribution in [0.4, 0.5) is 0 Å². The third-order valence-electron chi connectivity index (χ3n) is 3.99. The van der Waals surface area contributed by atoms with E-state index in [0.717, 1.165) is 17.1 Å². The monoisotopic (exact) mass is 414 g/mol. The second-order valence-electron chi connectivity index (χ2n) is 5.81. The summed E-state index contributed by atoms with van der Waals surface area (Å²) in [4.78, 5) is 12.6. The average molecular weight is 415 g/mol. The zero-order valence-corrected chi connectivity index (χ0v) is 16.6. The smallest absolute Gasteiger partial charge is 0.263 e. The second-order valence-corrected chi connectivity index (χ2v) is 9.30. The van der Waals surface area contributed by atoms with Gasteiger partial charge >= 0.3 is 0 Å². The van der Waals surface area contributed by atoms with Crippen molar-refractivity contribution in [3.8, 4) is 0 Å². The summed E-state index contributed by atoms with van der Waals surface area (Å²) in [5.41, 5.74) is 0.793. The minimum atomic E-state index is -3.81. The molecule has 140 valence electrons. The highest BCUT2D eigenvalue weighted by Gasteiger charge is 2.33. The molecule has 2 aromatic rings. The number of nitrogens with zero attached hydrogens (tertiary/aromatic N) is 3. The van der Waals surface area contributed by atoms with Crippen LogP contribution in [0.5, 0.6) is 0 Å². The van der Waals surface area contributed by atoms with E-state index in [9.17, 15) is 13.2 Å². The SMILES string of the molecule is Cn1cc(C(=O)NCc2ccccc2Cl)c(S(=O)(=O)N2CCSCC2)n1. The fourth-order valence-electron chi connectivity index (χ4n) is 2.64. The quantitative estimate of drug-likeness (QED) is 0.805. The molecule has 3 rings (SSSR count). The van der Waals surface area contributed by atoms with Crippen LogP contribution >= 0.6 is 23.4 Å². The Morgan fingerprint density at radius 2 is 2.00 bits per heavy atom. The molecule has 7 nitrogen and oxygen atoms in total. The first-order chi connectivity index (χ1) is 12.4. The molecule has 2 heterocycles. The molecule has 0 bridgehead atoms. The Kier molecular flexibility index (Phi) is 5.91. The van der Waals surface area contributed by atoms with Gasteiger partial charge in [-0.25, -0.2) is 8.42 Å². The summed E-state index contributed by atoms with van der Waals surface area (Å²) in [5, 5.41) is 7.10. The lowest BCUT2D eigenvalue weighted by atomic mass is 10.2. The number of carbonyl (C=O) groups excluding carboxylic acids is 1. The van der Waals surface area contributed by atoms with Gasteiger partial charge in [-0.05, 0) is 11.6 Å². The zero-order chi connectivity index (χ0) is 18.7. The van der Waals surface area contributed by atoms with Gasteiger partial charge in [0.05, 0.1) is 5.56 Å². The molecular weight excluding hydrogens is 396 g/mol. The minimum Gasteiger partial charge on any atom is -0.348 e. The normalized spacial score (nSPS) is 15.8. The highest BCUT2D eigenvalue weighted by Crippen LogP contribution is 2.22. The summed E-state index contributed by atoms with van der Waals surface area (Å²) in [7, 11) is -2.21. The predicted octanol–water partition coefficient (Wildman–Crippen LogP) is 1.74. The number of benzene rings is 1. The number of sulfonamides is 1. The fraction of sp³-hybridized carbons (Fsp3) is 0.375. The van der Waals surface area contributed by atoms with Gasteiger partial charge < -0.3 is 5.32 Å². The van der Waals surface area contributed by atoms with Crippen molar-refractivity contribution >= 4 is 39.3 Å². The van der Waals surface area contributed by atoms with E-state index in [1.54, 1.807) is 37.0 Å². The Bertz CT molecular complexity index is 908. The van der Waals surface area contributed by atoms with Crippen LogP contribution in [0, 0.1) is 0 Å². The van der Waals surface area contributed by atoms with E-state index >= 15 is 0 Å². The number of rotatable bonds is 5. The number of hydrogen-bond acceptors (Lipinski definition) is 5. The van der Waals surface area contributed by atoms with Gasteiger partial charge in [-0.15, -0.1) is 0 Å². The first-order valence-corrected chi connectivity index (χ1v) is 11.0. The van der Waals surface area contributed by atoms with Crippen LogP contribution in [0.3, 0.4) is 0 Å². The van der Waals surface area contributed by atoms with Gasteiger partial charge in [-0.2, -0.15) is 21.2 Å². The number of aromatic nitrogens is 2. The molecular formula is C16H19ClN4O3S2. The lowest BCUT2D eigenvalue weighted by Gasteiger charge is -2.24. The molecule has 10 heteroatoms. The standard InChI is InChI=1S/C16H19ClN4O3S2/c1-20-11-13(15(22)18-10-12-4-2-3-5-14(12)17)16(19-20)26(23,24)21-6-8-25-9-7-21/h2-5,11H,6-10H2,1H3,(H,18,22). The lowest BCUT2D eigenvalue weighted by molar-refractivity contribution is 0.0947. The summed E-state index contributed by atoms with van der Waals surface area (Å²) in [6.07, 6.45) is 1.42. The number of halogens is 1. The Labute approximate surface area is 161 Å². The van der Waals surface area contributed by atoms with E-state index in [4.69, 9.17) is 11.6 Å². The van der Waals surface area contributed by atoms with Crippen molar-refractivity contribution in [1.29, 1.82) is 0 Å². The molecule has 1 amide bonds. The fourth-order valence-corrected chi connectivity index (χ4v) is 5.54. The maximum Gasteiger partial charge on any atom is 0.263 e. The molecule has 1 aliphatic heterocycles. The van der Waals surface area contributed by atoms with Crippen molar-refractivity contribution in [3.05, 3.63) is 46.6 Å². The molecule has 1 aromatic carbocycles. The van der Waals surface area contributed by atoms with Crippen molar-refractivity contribution in [2.75, 3.05) is 24.6 Å². The van der Waals surface area contributed by atoms with Crippen LogP contribution < -0.4 is 5.32 Å². The predicted molar refractivity (Wildman–Crippen MR) is 102 cm³/mol. The van der Waals surface area contributed by atoms with Crippen LogP contribution in [0.15, 0.2) is 35.5 Å². The molecule has 0 aliphatic carbocycles. The summed E-state index contributed by atoms with van der Waals surface area (Å²) in [6.45, 7) is 1.04. The van der Waals surface area contributed by atoms with E-state index in [2.05, 4.69) is 10.4 Å².